The highest BCUT2D eigenvalue weighted by atomic mass is 35.5. The smallest absolute Gasteiger partial charge is 0.136 e. The summed E-state index contributed by atoms with van der Waals surface area (Å²) in [4.78, 5) is 8.51. The highest BCUT2D eigenvalue weighted by Crippen LogP contribution is 2.32. The second-order valence-corrected chi connectivity index (χ2v) is 5.06. The zero-order valence-corrected chi connectivity index (χ0v) is 12.2. The van der Waals surface area contributed by atoms with E-state index in [1.165, 1.54) is 0 Å². The number of halogens is 1. The third-order valence-electron chi connectivity index (χ3n) is 2.74. The molecule has 0 saturated carbocycles. The Morgan fingerprint density at radius 1 is 1.30 bits per heavy atom. The lowest BCUT2D eigenvalue weighted by molar-refractivity contribution is 0.948. The predicted octanol–water partition coefficient (Wildman–Crippen LogP) is 3.02. The van der Waals surface area contributed by atoms with E-state index in [4.69, 9.17) is 17.3 Å². The number of nitrogens with two attached hydrogens (primary N) is 1. The number of aromatic nitrogens is 4. The van der Waals surface area contributed by atoms with Crippen molar-refractivity contribution in [2.24, 2.45) is 0 Å². The average molecular weight is 307 g/mol. The third kappa shape index (κ3) is 2.37. The van der Waals surface area contributed by atoms with Gasteiger partial charge in [0.05, 0.1) is 22.4 Å². The molecule has 0 spiro atoms. The van der Waals surface area contributed by atoms with Crippen LogP contribution in [0.15, 0.2) is 18.2 Å². The van der Waals surface area contributed by atoms with Gasteiger partial charge in [-0.3, -0.25) is 0 Å². The van der Waals surface area contributed by atoms with Crippen LogP contribution >= 0.6 is 23.3 Å². The fourth-order valence-electron chi connectivity index (χ4n) is 1.81. The van der Waals surface area contributed by atoms with E-state index in [0.29, 0.717) is 34.6 Å². The van der Waals surface area contributed by atoms with Gasteiger partial charge in [-0.2, -0.15) is 8.75 Å². The van der Waals surface area contributed by atoms with E-state index >= 15 is 0 Å². The Hall–Kier alpha value is -1.99. The van der Waals surface area contributed by atoms with Crippen molar-refractivity contribution in [2.75, 3.05) is 11.1 Å². The van der Waals surface area contributed by atoms with Crippen molar-refractivity contribution >= 4 is 51.7 Å². The summed E-state index contributed by atoms with van der Waals surface area (Å²) in [5, 5.41) is 3.71. The van der Waals surface area contributed by atoms with Gasteiger partial charge in [0.2, 0.25) is 0 Å². The fraction of sp³-hybridized carbons (Fsp3) is 0.167. The number of nitrogens with one attached hydrogen (secondary N) is 1. The van der Waals surface area contributed by atoms with Crippen molar-refractivity contribution in [3.63, 3.8) is 0 Å². The Labute approximate surface area is 124 Å². The van der Waals surface area contributed by atoms with Crippen LogP contribution in [0.25, 0.3) is 11.0 Å². The lowest BCUT2D eigenvalue weighted by atomic mass is 10.2. The summed E-state index contributed by atoms with van der Waals surface area (Å²) in [7, 11) is 0. The van der Waals surface area contributed by atoms with Crippen LogP contribution in [0.2, 0.25) is 5.02 Å². The molecule has 102 valence electrons. The summed E-state index contributed by atoms with van der Waals surface area (Å²) in [5.74, 6) is 1.68. The van der Waals surface area contributed by atoms with E-state index in [2.05, 4.69) is 24.0 Å². The van der Waals surface area contributed by atoms with E-state index in [1.807, 2.05) is 13.0 Å². The highest BCUT2D eigenvalue weighted by molar-refractivity contribution is 7.00. The zero-order chi connectivity index (χ0) is 14.1. The van der Waals surface area contributed by atoms with Crippen molar-refractivity contribution in [3.8, 4) is 0 Å². The number of fused-ring (bicyclic) bond motifs is 1. The molecule has 0 unspecified atom stereocenters. The minimum Gasteiger partial charge on any atom is -0.384 e. The molecular weight excluding hydrogens is 296 g/mol. The summed E-state index contributed by atoms with van der Waals surface area (Å²) >= 11 is 7.36. The Kier molecular flexibility index (Phi) is 3.37. The van der Waals surface area contributed by atoms with Gasteiger partial charge in [-0.25, -0.2) is 9.97 Å². The molecule has 1 aromatic carbocycles. The van der Waals surface area contributed by atoms with Gasteiger partial charge >= 0.3 is 0 Å². The van der Waals surface area contributed by atoms with E-state index < -0.39 is 0 Å². The first kappa shape index (κ1) is 13.0. The Morgan fingerprint density at radius 3 is 2.95 bits per heavy atom. The molecule has 8 heteroatoms. The number of anilines is 3. The minimum absolute atomic E-state index is 0.416. The second kappa shape index (κ2) is 5.18. The Morgan fingerprint density at radius 2 is 2.15 bits per heavy atom. The molecule has 2 heterocycles. The molecule has 0 aliphatic rings. The molecule has 2 aromatic heterocycles. The fourth-order valence-corrected chi connectivity index (χ4v) is 2.56. The SMILES string of the molecule is CCc1nc(N)cc(Nc2c(Cl)ccc3nsnc23)n1. The molecule has 0 aliphatic heterocycles. The van der Waals surface area contributed by atoms with E-state index in [9.17, 15) is 0 Å². The van der Waals surface area contributed by atoms with Gasteiger partial charge in [-0.1, -0.05) is 18.5 Å². The summed E-state index contributed by atoms with van der Waals surface area (Å²) in [6, 6.07) is 5.27. The zero-order valence-electron chi connectivity index (χ0n) is 10.6. The van der Waals surface area contributed by atoms with Crippen LogP contribution in [0, 0.1) is 0 Å². The van der Waals surface area contributed by atoms with Gasteiger partial charge < -0.3 is 11.1 Å². The molecule has 0 atom stereocenters. The maximum atomic E-state index is 6.22. The number of hydrogen-bond donors (Lipinski definition) is 2. The first-order valence-electron chi connectivity index (χ1n) is 5.98. The standard InChI is InChI=1S/C12H11ClN6S/c1-2-9-15-8(14)5-10(16-9)17-11-6(13)3-4-7-12(11)19-20-18-7/h3-5H,2H2,1H3,(H3,14,15,16,17). The van der Waals surface area contributed by atoms with Crippen molar-refractivity contribution < 1.29 is 0 Å². The molecule has 0 saturated heterocycles. The second-order valence-electron chi connectivity index (χ2n) is 4.13. The van der Waals surface area contributed by atoms with Gasteiger partial charge in [-0.15, -0.1) is 0 Å². The maximum Gasteiger partial charge on any atom is 0.136 e. The van der Waals surface area contributed by atoms with Crippen LogP contribution in [0.4, 0.5) is 17.3 Å². The van der Waals surface area contributed by atoms with Crippen LogP contribution in [-0.4, -0.2) is 18.7 Å². The quantitative estimate of drug-likeness (QED) is 0.773. The molecule has 0 aliphatic carbocycles. The van der Waals surface area contributed by atoms with Crippen LogP contribution < -0.4 is 11.1 Å². The minimum atomic E-state index is 0.416. The van der Waals surface area contributed by atoms with E-state index in [0.717, 1.165) is 22.8 Å². The molecule has 0 amide bonds. The molecule has 0 fully saturated rings. The first-order valence-corrected chi connectivity index (χ1v) is 7.09. The Bertz CT molecular complexity index is 772. The van der Waals surface area contributed by atoms with Gasteiger partial charge in [0.15, 0.2) is 0 Å². The number of aryl methyl sites for hydroxylation is 1. The molecule has 0 radical (unpaired) electrons. The molecule has 0 bridgehead atoms. The topological polar surface area (TPSA) is 89.6 Å². The van der Waals surface area contributed by atoms with Crippen LogP contribution in [0.3, 0.4) is 0 Å². The van der Waals surface area contributed by atoms with Crippen molar-refractivity contribution in [3.05, 3.63) is 29.0 Å². The normalized spacial score (nSPS) is 10.9. The van der Waals surface area contributed by atoms with Gasteiger partial charge in [-0.05, 0) is 12.1 Å². The average Bonchev–Trinajstić information content (AvgIpc) is 2.90. The number of rotatable bonds is 3. The number of nitrogen functional groups attached to an aromatic ring is 1. The van der Waals surface area contributed by atoms with E-state index in [-0.39, 0.29) is 0 Å². The lowest BCUT2D eigenvalue weighted by Gasteiger charge is -2.09. The van der Waals surface area contributed by atoms with E-state index in [1.54, 1.807) is 12.1 Å². The Balaban J connectivity index is 2.07. The lowest BCUT2D eigenvalue weighted by Crippen LogP contribution is -2.03. The summed E-state index contributed by atoms with van der Waals surface area (Å²) in [6.45, 7) is 1.97. The monoisotopic (exact) mass is 306 g/mol. The van der Waals surface area contributed by atoms with Crippen molar-refractivity contribution in [1.29, 1.82) is 0 Å². The number of hydrogen-bond acceptors (Lipinski definition) is 7. The molecule has 20 heavy (non-hydrogen) atoms. The number of nitrogens with zero attached hydrogens (tertiary/aromatic N) is 4. The van der Waals surface area contributed by atoms with Gasteiger partial charge in [0, 0.05) is 12.5 Å². The van der Waals surface area contributed by atoms with Gasteiger partial charge in [0.1, 0.15) is 28.5 Å². The largest absolute Gasteiger partial charge is 0.384 e. The molecular formula is C12H11ClN6S. The van der Waals surface area contributed by atoms with Crippen LogP contribution in [0.1, 0.15) is 12.7 Å². The maximum absolute atomic E-state index is 6.22. The van der Waals surface area contributed by atoms with Crippen LogP contribution in [-0.2, 0) is 6.42 Å². The predicted molar refractivity (Wildman–Crippen MR) is 81.5 cm³/mol. The molecule has 3 aromatic rings. The summed E-state index contributed by atoms with van der Waals surface area (Å²) in [6.07, 6.45) is 0.704. The van der Waals surface area contributed by atoms with Crippen molar-refractivity contribution in [2.45, 2.75) is 13.3 Å². The molecule has 6 nitrogen and oxygen atoms in total. The van der Waals surface area contributed by atoms with Crippen LogP contribution in [0.5, 0.6) is 0 Å². The van der Waals surface area contributed by atoms with Gasteiger partial charge in [0.25, 0.3) is 0 Å². The number of benzene rings is 1. The summed E-state index contributed by atoms with van der Waals surface area (Å²) < 4.78 is 8.44. The molecule has 3 N–H and O–H groups in total. The van der Waals surface area contributed by atoms with Crippen molar-refractivity contribution in [1.82, 2.24) is 18.7 Å². The summed E-state index contributed by atoms with van der Waals surface area (Å²) in [5.41, 5.74) is 7.96. The highest BCUT2D eigenvalue weighted by Gasteiger charge is 2.11. The third-order valence-corrected chi connectivity index (χ3v) is 3.60. The first-order chi connectivity index (χ1) is 9.67. The molecule has 3 rings (SSSR count).